The molecular weight excluding hydrogens is 193 g/mol. The molecule has 0 amide bonds. The summed E-state index contributed by atoms with van der Waals surface area (Å²) in [5.41, 5.74) is 0. The monoisotopic (exact) mass is 193 g/mol. The van der Waals surface area contributed by atoms with E-state index in [9.17, 15) is 18.9 Å². The average molecular weight is 193 g/mol. The van der Waals surface area contributed by atoms with E-state index in [1.54, 1.807) is 0 Å². The fraction of sp³-hybridized carbons (Fsp3) is 0. The third kappa shape index (κ3) is 17.6. The molecule has 0 saturated carbocycles. The van der Waals surface area contributed by atoms with Gasteiger partial charge in [-0.05, 0) is 0 Å². The van der Waals surface area contributed by atoms with Crippen LogP contribution in [0.3, 0.4) is 0 Å². The SMILES string of the molecule is O=[P+]([O-])S[P+](=O)[O-].[Li].[Si]. The van der Waals surface area contributed by atoms with E-state index in [-0.39, 0.29) is 40.8 Å². The Kier molecular flexibility index (Phi) is 17.2. The van der Waals surface area contributed by atoms with Gasteiger partial charge in [0.1, 0.15) is 0 Å². The quantitative estimate of drug-likeness (QED) is 0.414. The van der Waals surface area contributed by atoms with Gasteiger partial charge in [-0.1, -0.05) is 9.13 Å². The van der Waals surface area contributed by atoms with Crippen molar-refractivity contribution in [1.29, 1.82) is 0 Å². The van der Waals surface area contributed by atoms with Crippen LogP contribution in [0.25, 0.3) is 0 Å². The Morgan fingerprint density at radius 2 is 1.33 bits per heavy atom. The second kappa shape index (κ2) is 9.28. The molecule has 4 nitrogen and oxygen atoms in total. The molecule has 0 aliphatic carbocycles. The van der Waals surface area contributed by atoms with Gasteiger partial charge in [-0.3, -0.25) is 0 Å². The molecule has 5 radical (unpaired) electrons. The molecule has 0 rings (SSSR count). The molecule has 0 N–H and O–H groups in total. The predicted molar refractivity (Wildman–Crippen MR) is 34.3 cm³/mol. The van der Waals surface area contributed by atoms with Crippen LogP contribution in [0.4, 0.5) is 0 Å². The van der Waals surface area contributed by atoms with Crippen LogP contribution in [0, 0.1) is 0 Å². The van der Waals surface area contributed by atoms with Gasteiger partial charge in [0.25, 0.3) is 0 Å². The minimum absolute atomic E-state index is 0. The first-order valence-corrected chi connectivity index (χ1v) is 5.48. The maximum absolute atomic E-state index is 9.43. The molecule has 0 fully saturated rings. The summed E-state index contributed by atoms with van der Waals surface area (Å²) in [5, 5.41) is 0. The van der Waals surface area contributed by atoms with E-state index in [1.807, 2.05) is 0 Å². The molecule has 2 atom stereocenters. The fourth-order valence-electron chi connectivity index (χ4n) is 0.0544. The third-order valence-corrected chi connectivity index (χ3v) is 3.60. The van der Waals surface area contributed by atoms with Gasteiger partial charge < -0.3 is 9.79 Å². The zero-order chi connectivity index (χ0) is 5.86. The summed E-state index contributed by atoms with van der Waals surface area (Å²) in [5.74, 6) is 0. The minimum atomic E-state index is -2.82. The Bertz CT molecular complexity index is 94.7. The molecule has 0 aromatic rings. The Balaban J connectivity index is -0.000000180. The van der Waals surface area contributed by atoms with Crippen molar-refractivity contribution in [1.82, 2.24) is 0 Å². The summed E-state index contributed by atoms with van der Waals surface area (Å²) < 4.78 is 18.9. The molecule has 0 spiro atoms. The van der Waals surface area contributed by atoms with Gasteiger partial charge >= 0.3 is 25.5 Å². The van der Waals surface area contributed by atoms with Crippen LogP contribution in [0.15, 0.2) is 0 Å². The standard InChI is InChI=1S/Li.O4P2S.Si/c;1-5(2)7-6(3)4;. The van der Waals surface area contributed by atoms with E-state index in [0.717, 1.165) is 0 Å². The van der Waals surface area contributed by atoms with Crippen molar-refractivity contribution in [3.63, 3.8) is 0 Å². The second-order valence-electron chi connectivity index (χ2n) is 0.529. The van der Waals surface area contributed by atoms with Crippen molar-refractivity contribution in [3.8, 4) is 0 Å². The van der Waals surface area contributed by atoms with Gasteiger partial charge in [-0.15, -0.1) is 0 Å². The molecular formula is LiO4P2SSi. The van der Waals surface area contributed by atoms with Crippen molar-refractivity contribution in [3.05, 3.63) is 0 Å². The van der Waals surface area contributed by atoms with E-state index in [4.69, 9.17) is 0 Å². The van der Waals surface area contributed by atoms with Crippen LogP contribution < -0.4 is 9.79 Å². The largest absolute Gasteiger partial charge is 0.581 e. The molecule has 9 heteroatoms. The van der Waals surface area contributed by atoms with Gasteiger partial charge in [-0.25, -0.2) is 0 Å². The summed E-state index contributed by atoms with van der Waals surface area (Å²) >= 11 is -0.0833. The normalized spacial score (nSPS) is 10.4. The van der Waals surface area contributed by atoms with Crippen LogP contribution in [-0.2, 0) is 9.13 Å². The summed E-state index contributed by atoms with van der Waals surface area (Å²) in [4.78, 5) is 18.9. The summed E-state index contributed by atoms with van der Waals surface area (Å²) in [6, 6.07) is 0. The Morgan fingerprint density at radius 3 is 1.33 bits per heavy atom. The van der Waals surface area contributed by atoms with Crippen LogP contribution >= 0.6 is 25.5 Å². The van der Waals surface area contributed by atoms with E-state index in [1.165, 1.54) is 0 Å². The average Bonchev–Trinajstić information content (AvgIpc) is 1.27. The van der Waals surface area contributed by atoms with Gasteiger partial charge in [0.05, 0.1) is 0 Å². The first-order chi connectivity index (χ1) is 3.13. The Hall–Kier alpha value is 1.28. The molecule has 9 heavy (non-hydrogen) atoms. The van der Waals surface area contributed by atoms with E-state index in [2.05, 4.69) is 0 Å². The van der Waals surface area contributed by atoms with Crippen molar-refractivity contribution in [2.24, 2.45) is 0 Å². The molecule has 2 unspecified atom stereocenters. The Labute approximate surface area is 74.2 Å². The van der Waals surface area contributed by atoms with Crippen LogP contribution in [0.1, 0.15) is 0 Å². The fourth-order valence-corrected chi connectivity index (χ4v) is 1.47. The van der Waals surface area contributed by atoms with E-state index < -0.39 is 14.5 Å². The zero-order valence-corrected chi connectivity index (χ0v) is 8.04. The molecule has 0 heterocycles. The zero-order valence-electron chi connectivity index (χ0n) is 4.44. The van der Waals surface area contributed by atoms with Gasteiger partial charge in [0, 0.05) is 29.8 Å². The molecule has 0 saturated heterocycles. The van der Waals surface area contributed by atoms with Crippen molar-refractivity contribution >= 4 is 55.3 Å². The second-order valence-corrected chi connectivity index (χ2v) is 5.34. The first kappa shape index (κ1) is 16.7. The van der Waals surface area contributed by atoms with Crippen molar-refractivity contribution < 1.29 is 18.9 Å². The van der Waals surface area contributed by atoms with Gasteiger partial charge in [0.15, 0.2) is 0 Å². The maximum atomic E-state index is 9.43. The summed E-state index contributed by atoms with van der Waals surface area (Å²) in [6.07, 6.45) is 0. The van der Waals surface area contributed by atoms with Crippen molar-refractivity contribution in [2.75, 3.05) is 0 Å². The van der Waals surface area contributed by atoms with E-state index >= 15 is 0 Å². The van der Waals surface area contributed by atoms with E-state index in [0.29, 0.717) is 0 Å². The molecule has 45 valence electrons. The first-order valence-electron chi connectivity index (χ1n) is 1.10. The molecule has 0 aromatic heterocycles. The number of hydrogen-bond donors (Lipinski definition) is 0. The van der Waals surface area contributed by atoms with Crippen LogP contribution in [0.5, 0.6) is 0 Å². The minimum Gasteiger partial charge on any atom is -0.581 e. The van der Waals surface area contributed by atoms with Gasteiger partial charge in [0.2, 0.25) is 0 Å². The molecule has 0 aromatic carbocycles. The summed E-state index contributed by atoms with van der Waals surface area (Å²) in [6.45, 7) is 0. The molecule has 0 bridgehead atoms. The van der Waals surface area contributed by atoms with Crippen LogP contribution in [-0.4, -0.2) is 29.8 Å². The summed E-state index contributed by atoms with van der Waals surface area (Å²) in [7, 11) is -5.64. The van der Waals surface area contributed by atoms with Gasteiger partial charge in [-0.2, -0.15) is 0 Å². The molecule has 0 aliphatic rings. The Morgan fingerprint density at radius 1 is 1.11 bits per heavy atom. The number of rotatable bonds is 2. The maximum Gasteiger partial charge on any atom is 0.438 e. The predicted octanol–water partition coefficient (Wildman–Crippen LogP) is -1.01. The topological polar surface area (TPSA) is 80.3 Å². The molecule has 0 aliphatic heterocycles. The van der Waals surface area contributed by atoms with Crippen LogP contribution in [0.2, 0.25) is 0 Å². The third-order valence-electron chi connectivity index (χ3n) is 0.133. The number of hydrogen-bond acceptors (Lipinski definition) is 5. The van der Waals surface area contributed by atoms with Crippen molar-refractivity contribution in [2.45, 2.75) is 0 Å². The smallest absolute Gasteiger partial charge is 0.438 e.